The lowest BCUT2D eigenvalue weighted by molar-refractivity contribution is 0.0522. The van der Waals surface area contributed by atoms with Crippen LogP contribution in [-0.4, -0.2) is 41.5 Å². The van der Waals surface area contributed by atoms with E-state index < -0.39 is 5.97 Å². The van der Waals surface area contributed by atoms with Crippen LogP contribution in [-0.2, 0) is 4.74 Å². The van der Waals surface area contributed by atoms with Gasteiger partial charge in [-0.1, -0.05) is 17.7 Å². The topological polar surface area (TPSA) is 68.4 Å². The fourth-order valence-electron chi connectivity index (χ4n) is 2.68. The molecule has 5 nitrogen and oxygen atoms in total. The maximum Gasteiger partial charge on any atom is 0.340 e. The summed E-state index contributed by atoms with van der Waals surface area (Å²) in [5.41, 5.74) is 3.34. The van der Waals surface area contributed by atoms with Gasteiger partial charge in [0, 0.05) is 17.1 Å². The third-order valence-electron chi connectivity index (χ3n) is 3.88. The van der Waals surface area contributed by atoms with E-state index >= 15 is 0 Å². The molecule has 0 saturated carbocycles. The molecule has 0 unspecified atom stereocenters. The Kier molecular flexibility index (Phi) is 7.33. The number of carbonyl (C=O) groups is 2. The minimum absolute atomic E-state index is 0.0739. The molecule has 1 heterocycles. The minimum Gasteiger partial charge on any atom is -0.493 e. The summed E-state index contributed by atoms with van der Waals surface area (Å²) in [6.45, 7) is 8.16. The Morgan fingerprint density at radius 2 is 1.69 bits per heavy atom. The summed E-state index contributed by atoms with van der Waals surface area (Å²) >= 11 is 1.49. The number of ether oxygens (including phenoxy) is 2. The van der Waals surface area contributed by atoms with Gasteiger partial charge in [-0.05, 0) is 39.8 Å². The molecule has 0 aliphatic carbocycles. The second-order valence-corrected chi connectivity index (χ2v) is 7.09. The number of ketones is 1. The van der Waals surface area contributed by atoms with Gasteiger partial charge in [0.25, 0.3) is 0 Å². The Morgan fingerprint density at radius 3 is 2.35 bits per heavy atom. The molecule has 2 rings (SSSR count). The van der Waals surface area contributed by atoms with Crippen LogP contribution in [0.3, 0.4) is 0 Å². The molecular weight excluding hydrogens is 350 g/mol. The van der Waals surface area contributed by atoms with E-state index in [0.717, 1.165) is 5.75 Å². The predicted octanol–water partition coefficient (Wildman–Crippen LogP) is 4.11. The first-order valence-corrected chi connectivity index (χ1v) is 9.76. The van der Waals surface area contributed by atoms with Crippen LogP contribution >= 0.6 is 11.8 Å². The van der Waals surface area contributed by atoms with Crippen molar-refractivity contribution >= 4 is 23.5 Å². The van der Waals surface area contributed by atoms with Gasteiger partial charge in [-0.15, -0.1) is 0 Å². The molecule has 0 bridgehead atoms. The van der Waals surface area contributed by atoms with Crippen molar-refractivity contribution in [3.05, 3.63) is 52.3 Å². The van der Waals surface area contributed by atoms with E-state index in [1.165, 1.54) is 17.3 Å². The van der Waals surface area contributed by atoms with Crippen molar-refractivity contribution in [2.24, 2.45) is 0 Å². The van der Waals surface area contributed by atoms with Gasteiger partial charge in [-0.2, -0.15) is 11.8 Å². The van der Waals surface area contributed by atoms with Gasteiger partial charge >= 0.3 is 5.97 Å². The first kappa shape index (κ1) is 20.1. The number of aromatic amines is 1. The van der Waals surface area contributed by atoms with Gasteiger partial charge in [0.15, 0.2) is 5.78 Å². The largest absolute Gasteiger partial charge is 0.493 e. The highest BCUT2D eigenvalue weighted by Gasteiger charge is 2.24. The second-order valence-electron chi connectivity index (χ2n) is 5.98. The van der Waals surface area contributed by atoms with Crippen LogP contribution in [0.25, 0.3) is 0 Å². The molecule has 1 N–H and O–H groups in total. The maximum absolute atomic E-state index is 12.6. The number of aryl methyl sites for hydroxylation is 3. The third kappa shape index (κ3) is 5.14. The molecular formula is C20H25NO4S. The van der Waals surface area contributed by atoms with Crippen LogP contribution in [0.1, 0.15) is 44.6 Å². The summed E-state index contributed by atoms with van der Waals surface area (Å²) in [4.78, 5) is 27.8. The van der Waals surface area contributed by atoms with Gasteiger partial charge < -0.3 is 14.5 Å². The molecule has 26 heavy (non-hydrogen) atoms. The van der Waals surface area contributed by atoms with E-state index in [-0.39, 0.29) is 12.4 Å². The van der Waals surface area contributed by atoms with Crippen molar-refractivity contribution in [2.45, 2.75) is 27.7 Å². The average molecular weight is 375 g/mol. The van der Waals surface area contributed by atoms with Crippen LogP contribution in [0.15, 0.2) is 24.3 Å². The summed E-state index contributed by atoms with van der Waals surface area (Å²) in [5, 5.41) is 0. The summed E-state index contributed by atoms with van der Waals surface area (Å²) in [6, 6.07) is 7.87. The van der Waals surface area contributed by atoms with E-state index in [4.69, 9.17) is 9.47 Å². The molecule has 1 aromatic carbocycles. The monoisotopic (exact) mass is 375 g/mol. The number of nitrogens with one attached hydrogen (secondary N) is 1. The number of rotatable bonds is 9. The zero-order chi connectivity index (χ0) is 19.1. The van der Waals surface area contributed by atoms with E-state index in [0.29, 0.717) is 40.6 Å². The van der Waals surface area contributed by atoms with Gasteiger partial charge in [-0.25, -0.2) is 4.79 Å². The Morgan fingerprint density at radius 1 is 1.04 bits per heavy atom. The fourth-order valence-corrected chi connectivity index (χ4v) is 3.35. The number of benzene rings is 1. The third-order valence-corrected chi connectivity index (χ3v) is 4.81. The van der Waals surface area contributed by atoms with E-state index in [1.807, 2.05) is 31.2 Å². The average Bonchev–Trinajstić information content (AvgIpc) is 2.90. The molecule has 0 atom stereocenters. The minimum atomic E-state index is -0.453. The number of carbonyl (C=O) groups excluding carboxylic acids is 2. The number of thioether (sulfide) groups is 1. The molecule has 140 valence electrons. The quantitative estimate of drug-likeness (QED) is 0.406. The Hall–Kier alpha value is -2.21. The van der Waals surface area contributed by atoms with Gasteiger partial charge in [0.05, 0.1) is 30.1 Å². The predicted molar refractivity (Wildman–Crippen MR) is 105 cm³/mol. The van der Waals surface area contributed by atoms with Gasteiger partial charge in [0.1, 0.15) is 5.75 Å². The van der Waals surface area contributed by atoms with Gasteiger partial charge in [0.2, 0.25) is 0 Å². The lowest BCUT2D eigenvalue weighted by Crippen LogP contribution is -2.14. The van der Waals surface area contributed by atoms with Crippen LogP contribution in [0.2, 0.25) is 0 Å². The number of aromatic nitrogens is 1. The zero-order valence-corrected chi connectivity index (χ0v) is 16.5. The number of Topliss-reactive ketones (excluding diaryl/α,β-unsaturated/α-hetero) is 1. The Bertz CT molecular complexity index is 765. The number of H-pyrrole nitrogens is 1. The molecule has 0 aliphatic rings. The molecule has 0 fully saturated rings. The lowest BCUT2D eigenvalue weighted by Gasteiger charge is -2.07. The molecule has 1 aromatic heterocycles. The lowest BCUT2D eigenvalue weighted by atomic mass is 10.1. The maximum atomic E-state index is 12.6. The molecule has 2 aromatic rings. The van der Waals surface area contributed by atoms with Crippen LogP contribution < -0.4 is 4.74 Å². The van der Waals surface area contributed by atoms with Gasteiger partial charge in [-0.3, -0.25) is 4.79 Å². The first-order chi connectivity index (χ1) is 12.4. The highest BCUT2D eigenvalue weighted by molar-refractivity contribution is 8.00. The number of hydrogen-bond donors (Lipinski definition) is 1. The summed E-state index contributed by atoms with van der Waals surface area (Å²) in [7, 11) is 0. The highest BCUT2D eigenvalue weighted by Crippen LogP contribution is 2.22. The van der Waals surface area contributed by atoms with Crippen molar-refractivity contribution < 1.29 is 19.1 Å². The van der Waals surface area contributed by atoms with Crippen molar-refractivity contribution in [1.29, 1.82) is 0 Å². The fraction of sp³-hybridized carbons (Fsp3) is 0.400. The Balaban J connectivity index is 1.88. The standard InChI is InChI=1S/C20H25NO4S/c1-5-24-20(23)19-15(4)21-14(3)18(19)17(22)12-26-11-10-25-16-8-6-13(2)7-9-16/h6-9,21H,5,10-12H2,1-4H3. The van der Waals surface area contributed by atoms with E-state index in [2.05, 4.69) is 4.98 Å². The SMILES string of the molecule is CCOC(=O)c1c(C)[nH]c(C)c1C(=O)CSCCOc1ccc(C)cc1. The molecule has 0 radical (unpaired) electrons. The zero-order valence-electron chi connectivity index (χ0n) is 15.7. The smallest absolute Gasteiger partial charge is 0.340 e. The first-order valence-electron chi connectivity index (χ1n) is 8.60. The van der Waals surface area contributed by atoms with Crippen molar-refractivity contribution in [2.75, 3.05) is 24.7 Å². The van der Waals surface area contributed by atoms with E-state index in [9.17, 15) is 9.59 Å². The van der Waals surface area contributed by atoms with Crippen LogP contribution in [0.5, 0.6) is 5.75 Å². The summed E-state index contributed by atoms with van der Waals surface area (Å²) < 4.78 is 10.7. The Labute approximate surface area is 158 Å². The molecule has 0 amide bonds. The summed E-state index contributed by atoms with van der Waals surface area (Å²) in [6.07, 6.45) is 0. The van der Waals surface area contributed by atoms with Crippen LogP contribution in [0, 0.1) is 20.8 Å². The normalized spacial score (nSPS) is 10.6. The highest BCUT2D eigenvalue weighted by atomic mass is 32.2. The van der Waals surface area contributed by atoms with Crippen LogP contribution in [0.4, 0.5) is 0 Å². The van der Waals surface area contributed by atoms with E-state index in [1.54, 1.807) is 20.8 Å². The summed E-state index contributed by atoms with van der Waals surface area (Å²) in [5.74, 6) is 1.28. The van der Waals surface area contributed by atoms with Crippen molar-refractivity contribution in [3.8, 4) is 5.75 Å². The number of hydrogen-bond acceptors (Lipinski definition) is 5. The second kappa shape index (κ2) is 9.48. The van der Waals surface area contributed by atoms with Crippen molar-refractivity contribution in [1.82, 2.24) is 4.98 Å². The number of esters is 1. The van der Waals surface area contributed by atoms with Crippen molar-refractivity contribution in [3.63, 3.8) is 0 Å². The molecule has 0 saturated heterocycles. The molecule has 6 heteroatoms. The molecule has 0 aliphatic heterocycles. The molecule has 0 spiro atoms.